The molecule has 0 N–H and O–H groups in total. The molecule has 6 nitrogen and oxygen atoms in total. The molecule has 0 aromatic heterocycles. The molecule has 0 aromatic carbocycles. The van der Waals surface area contributed by atoms with Crippen molar-refractivity contribution in [3.63, 3.8) is 0 Å². The molecule has 1 unspecified atom stereocenters. The fourth-order valence-corrected chi connectivity index (χ4v) is 1.84. The minimum atomic E-state index is -0.812. The molecule has 0 aromatic rings. The molecule has 4 atom stereocenters. The fraction of sp³-hybridized carbons (Fsp3) is 0.900. The number of hydrogen-bond acceptors (Lipinski definition) is 6. The number of rotatable bonds is 7. The van der Waals surface area contributed by atoms with E-state index in [-0.39, 0.29) is 6.61 Å². The Hall–Kier alpha value is -0.560. The van der Waals surface area contributed by atoms with Gasteiger partial charge in [-0.25, -0.2) is 0 Å². The molecule has 1 rings (SSSR count). The Balaban J connectivity index is 2.79. The molecule has 0 spiro atoms. The Bertz CT molecular complexity index is 320. The second-order valence-corrected chi connectivity index (χ2v) is 3.76. The van der Waals surface area contributed by atoms with Crippen LogP contribution in [0.25, 0.3) is 0 Å². The second-order valence-electron chi connectivity index (χ2n) is 3.76. The van der Waals surface area contributed by atoms with Crippen molar-refractivity contribution in [2.45, 2.75) is 45.2 Å². The molecular weight excluding hydrogens is 238 g/mol. The molecule has 0 aliphatic carbocycles. The summed E-state index contributed by atoms with van der Waals surface area (Å²) in [5.74, 6) is -0.484. The van der Waals surface area contributed by atoms with Gasteiger partial charge < -0.3 is 23.5 Å². The van der Waals surface area contributed by atoms with Gasteiger partial charge in [0.15, 0.2) is 12.4 Å². The summed E-state index contributed by atoms with van der Waals surface area (Å²) >= 11 is 0. The van der Waals surface area contributed by atoms with E-state index in [2.05, 4.69) is 0 Å². The van der Waals surface area contributed by atoms with Crippen LogP contribution in [-0.2, 0) is 28.3 Å². The summed E-state index contributed by atoms with van der Waals surface area (Å²) in [4.78, 5) is 11.2. The van der Waals surface area contributed by atoms with Crippen molar-refractivity contribution >= 4 is 20.9 Å². The summed E-state index contributed by atoms with van der Waals surface area (Å²) in [5.41, 5.74) is 0. The van der Waals surface area contributed by atoms with Crippen molar-refractivity contribution in [3.8, 4) is 0 Å². The van der Waals surface area contributed by atoms with E-state index in [1.54, 1.807) is 13.6 Å². The molecule has 18 heavy (non-hydrogen) atoms. The van der Waals surface area contributed by atoms with Crippen molar-refractivity contribution in [1.82, 2.24) is 0 Å². The largest absolute Gasteiger partial charge is 0.454 e. The maximum Gasteiger partial charge on any atom is 0.303 e. The molecule has 8 heteroatoms. The van der Waals surface area contributed by atoms with E-state index in [9.17, 15) is 4.79 Å². The first-order valence-corrected chi connectivity index (χ1v) is 5.82. The van der Waals surface area contributed by atoms with E-state index in [4.69, 9.17) is 26.2 Å². The molecule has 1 heterocycles. The van der Waals surface area contributed by atoms with Gasteiger partial charge in [-0.1, -0.05) is 13.6 Å². The van der Waals surface area contributed by atoms with Gasteiger partial charge in [0.1, 0.15) is 12.2 Å². The molecule has 0 radical (unpaired) electrons. The van der Waals surface area contributed by atoms with Gasteiger partial charge in [0, 0.05) is 16.7 Å². The van der Waals surface area contributed by atoms with Crippen LogP contribution in [-0.4, -0.2) is 61.9 Å². The van der Waals surface area contributed by atoms with Crippen LogP contribution in [0, 0.1) is 0 Å². The number of esters is 1. The van der Waals surface area contributed by atoms with E-state index in [1.165, 1.54) is 14.0 Å². The van der Waals surface area contributed by atoms with Crippen LogP contribution in [0.2, 0.25) is 13.6 Å². The zero-order chi connectivity index (χ0) is 15.3. The fourth-order valence-electron chi connectivity index (χ4n) is 1.84. The number of hydrogen-bond donors (Lipinski definition) is 0. The van der Waals surface area contributed by atoms with Gasteiger partial charge in [-0.15, -0.1) is 0 Å². The van der Waals surface area contributed by atoms with Crippen molar-refractivity contribution in [2.24, 2.45) is 0 Å². The van der Waals surface area contributed by atoms with Gasteiger partial charge in [0.2, 0.25) is 0 Å². The Morgan fingerprint density at radius 2 is 2.11 bits per heavy atom. The molecule has 0 saturated carbocycles. The maximum atomic E-state index is 11.2. The van der Waals surface area contributed by atoms with Crippen LogP contribution in [0.3, 0.4) is 0 Å². The lowest BCUT2D eigenvalue weighted by Crippen LogP contribution is -2.41. The molecule has 1 fully saturated rings. The van der Waals surface area contributed by atoms with Crippen LogP contribution in [0.1, 0.15) is 6.92 Å². The quantitative estimate of drug-likeness (QED) is 0.453. The van der Waals surface area contributed by atoms with E-state index >= 15 is 0 Å². The maximum absolute atomic E-state index is 11.2. The third-order valence-electron chi connectivity index (χ3n) is 2.52. The Morgan fingerprint density at radius 3 is 2.61 bits per heavy atom. The van der Waals surface area contributed by atoms with Crippen molar-refractivity contribution in [3.05, 3.63) is 0 Å². The monoisotopic (exact) mass is 260 g/mol. The topological polar surface area (TPSA) is 63.2 Å². The lowest BCUT2D eigenvalue weighted by molar-refractivity contribution is -0.178. The van der Waals surface area contributed by atoms with E-state index in [1.807, 2.05) is 0 Å². The number of carbonyl (C=O) groups excluding carboxylic acids is 1. The molecule has 0 amide bonds. The zero-order valence-electron chi connectivity index (χ0n) is 13.1. The van der Waals surface area contributed by atoms with Crippen LogP contribution in [0.5, 0.6) is 0 Å². The highest BCUT2D eigenvalue weighted by Gasteiger charge is 2.47. The third kappa shape index (κ3) is 3.98. The van der Waals surface area contributed by atoms with E-state index in [0.717, 1.165) is 0 Å². The molecular formula is C10H20B2O6. The third-order valence-corrected chi connectivity index (χ3v) is 2.52. The molecule has 1 aliphatic rings. The SMILES string of the molecule is [2H]B(C)OC[C@H]1OC(OC)[C@H](OC(C)=O)[C@@H]1OB([2H])C. The Kier molecular flexibility index (Phi) is 5.39. The number of methoxy groups -OCH3 is 1. The predicted molar refractivity (Wildman–Crippen MR) is 68.1 cm³/mol. The first-order valence-electron chi connectivity index (χ1n) is 6.97. The van der Waals surface area contributed by atoms with E-state index < -0.39 is 45.5 Å². The van der Waals surface area contributed by atoms with Gasteiger partial charge in [0.25, 0.3) is 14.9 Å². The zero-order valence-corrected chi connectivity index (χ0v) is 11.1. The molecule has 1 aliphatic heterocycles. The van der Waals surface area contributed by atoms with Gasteiger partial charge >= 0.3 is 5.97 Å². The Labute approximate surface area is 112 Å². The summed E-state index contributed by atoms with van der Waals surface area (Å²) in [6, 6.07) is 0. The number of carbonyl (C=O) groups is 1. The minimum Gasteiger partial charge on any atom is -0.454 e. The molecule has 1 saturated heterocycles. The highest BCUT2D eigenvalue weighted by atomic mass is 16.7. The smallest absolute Gasteiger partial charge is 0.303 e. The first-order chi connectivity index (χ1) is 9.35. The first kappa shape index (κ1) is 12.5. The average Bonchev–Trinajstić information content (AvgIpc) is 2.63. The summed E-state index contributed by atoms with van der Waals surface area (Å²) < 4.78 is 41.3. The summed E-state index contributed by atoms with van der Waals surface area (Å²) in [6.45, 7) is 4.51. The van der Waals surface area contributed by atoms with Gasteiger partial charge in [0.05, 0.1) is 6.61 Å². The van der Waals surface area contributed by atoms with Crippen molar-refractivity contribution in [2.75, 3.05) is 13.7 Å². The van der Waals surface area contributed by atoms with Crippen molar-refractivity contribution < 1.29 is 28.3 Å². The lowest BCUT2D eigenvalue weighted by Gasteiger charge is -2.23. The van der Waals surface area contributed by atoms with Crippen LogP contribution >= 0.6 is 0 Å². The van der Waals surface area contributed by atoms with Crippen molar-refractivity contribution in [1.29, 1.82) is 2.67 Å². The Morgan fingerprint density at radius 1 is 1.39 bits per heavy atom. The van der Waals surface area contributed by atoms with Gasteiger partial charge in [-0.3, -0.25) is 4.79 Å². The average molecular weight is 260 g/mol. The molecule has 102 valence electrons. The normalized spacial score (nSPS) is 32.7. The highest BCUT2D eigenvalue weighted by molar-refractivity contribution is 6.25. The second kappa shape index (κ2) is 7.78. The van der Waals surface area contributed by atoms with Crippen LogP contribution in [0.4, 0.5) is 0 Å². The molecule has 0 bridgehead atoms. The minimum absolute atomic E-state index is 0.0969. The summed E-state index contributed by atoms with van der Waals surface area (Å²) in [6.07, 6.45) is -2.78. The summed E-state index contributed by atoms with van der Waals surface area (Å²) in [7, 11) is -0.0896. The highest BCUT2D eigenvalue weighted by Crippen LogP contribution is 2.27. The lowest BCUT2D eigenvalue weighted by atomic mass is 10.0. The van der Waals surface area contributed by atoms with Gasteiger partial charge in [-0.2, -0.15) is 0 Å². The predicted octanol–water partition coefficient (Wildman–Crippen LogP) is -0.510. The summed E-state index contributed by atoms with van der Waals surface area (Å²) in [5, 5.41) is 0. The van der Waals surface area contributed by atoms with Crippen LogP contribution < -0.4 is 0 Å². The van der Waals surface area contributed by atoms with E-state index in [0.29, 0.717) is 0 Å². The number of ether oxygens (including phenoxy) is 3. The van der Waals surface area contributed by atoms with Crippen LogP contribution in [0.15, 0.2) is 0 Å². The van der Waals surface area contributed by atoms with Gasteiger partial charge in [-0.05, 0) is 0 Å². The standard InChI is InChI=1S/C10H20B2O6/c1-6(13)16-9-8(18-12-3)7(5-15-11-2)17-10(9)14-4/h7-12H,5H2,1-4H3/t7-,8-,9-,10?/m1/s1/i11D,12D.